The first-order valence-corrected chi connectivity index (χ1v) is 10.8. The van der Waals surface area contributed by atoms with Crippen LogP contribution in [-0.4, -0.2) is 42.6 Å². The van der Waals surface area contributed by atoms with E-state index in [0.717, 1.165) is 12.1 Å². The predicted molar refractivity (Wildman–Crippen MR) is 119 cm³/mol. The van der Waals surface area contributed by atoms with Crippen molar-refractivity contribution in [1.29, 1.82) is 5.41 Å². The maximum Gasteiger partial charge on any atom is 0.135 e. The number of rotatable bonds is 7. The summed E-state index contributed by atoms with van der Waals surface area (Å²) in [6, 6.07) is 3.17. The average Bonchev–Trinajstić information content (AvgIpc) is 3.35. The molecule has 1 heterocycles. The van der Waals surface area contributed by atoms with Crippen LogP contribution in [0.3, 0.4) is 0 Å². The maximum absolute atomic E-state index is 13.7. The van der Waals surface area contributed by atoms with E-state index >= 15 is 0 Å². The topological polar surface area (TPSA) is 65.5 Å². The number of likely N-dealkylation sites (tertiary alicyclic amines) is 1. The van der Waals surface area contributed by atoms with Crippen LogP contribution in [0.2, 0.25) is 0 Å². The van der Waals surface area contributed by atoms with Crippen LogP contribution in [0.1, 0.15) is 52.0 Å². The minimum atomic E-state index is -0.756. The number of hydrogen-bond acceptors (Lipinski definition) is 3. The summed E-state index contributed by atoms with van der Waals surface area (Å²) in [6.07, 6.45) is 7.86. The quantitative estimate of drug-likeness (QED) is 0.496. The molecule has 1 unspecified atom stereocenters. The Morgan fingerprint density at radius 1 is 1.27 bits per heavy atom. The normalized spacial score (nSPS) is 22.0. The Kier molecular flexibility index (Phi) is 6.75. The highest BCUT2D eigenvalue weighted by Gasteiger charge is 2.54. The van der Waals surface area contributed by atoms with Gasteiger partial charge in [0.05, 0.1) is 5.71 Å². The molecule has 3 N–H and O–H groups in total. The SMILES string of the molecule is CC(C)(C)CCN1CCC2(CC1)CC2CN=C(N)/C=C\C(=N)c1ccc(F)cc1F. The van der Waals surface area contributed by atoms with Crippen LogP contribution in [0.15, 0.2) is 35.3 Å². The monoisotopic (exact) mass is 416 g/mol. The largest absolute Gasteiger partial charge is 0.384 e. The van der Waals surface area contributed by atoms with Crippen LogP contribution in [0.25, 0.3) is 0 Å². The van der Waals surface area contributed by atoms with Gasteiger partial charge in [-0.05, 0) is 86.4 Å². The summed E-state index contributed by atoms with van der Waals surface area (Å²) in [4.78, 5) is 7.06. The molecule has 1 aliphatic heterocycles. The number of piperidine rings is 1. The minimum Gasteiger partial charge on any atom is -0.384 e. The molecular formula is C24H34F2N4. The number of hydrogen-bond donors (Lipinski definition) is 2. The minimum absolute atomic E-state index is 0.0415. The molecule has 1 aromatic carbocycles. The molecule has 4 nitrogen and oxygen atoms in total. The molecule has 0 aromatic heterocycles. The summed E-state index contributed by atoms with van der Waals surface area (Å²) in [5.74, 6) is -0.489. The Morgan fingerprint density at radius 3 is 2.60 bits per heavy atom. The fourth-order valence-electron chi connectivity index (χ4n) is 4.25. The fraction of sp³-hybridized carbons (Fsp3) is 0.583. The number of benzene rings is 1. The van der Waals surface area contributed by atoms with Crippen LogP contribution in [-0.2, 0) is 0 Å². The van der Waals surface area contributed by atoms with Crippen molar-refractivity contribution in [3.8, 4) is 0 Å². The molecule has 0 radical (unpaired) electrons. The Labute approximate surface area is 178 Å². The molecule has 164 valence electrons. The average molecular weight is 417 g/mol. The fourth-order valence-corrected chi connectivity index (χ4v) is 4.25. The van der Waals surface area contributed by atoms with Crippen molar-refractivity contribution >= 4 is 11.5 Å². The Bertz CT molecular complexity index is 830. The van der Waals surface area contributed by atoms with Crippen molar-refractivity contribution in [3.05, 3.63) is 47.5 Å². The van der Waals surface area contributed by atoms with Crippen molar-refractivity contribution in [2.45, 2.75) is 46.5 Å². The lowest BCUT2D eigenvalue weighted by Gasteiger charge is -2.34. The predicted octanol–water partition coefficient (Wildman–Crippen LogP) is 4.78. The third-order valence-corrected chi connectivity index (χ3v) is 6.53. The van der Waals surface area contributed by atoms with E-state index in [1.807, 2.05) is 0 Å². The summed E-state index contributed by atoms with van der Waals surface area (Å²) >= 11 is 0. The number of nitrogens with two attached hydrogens (primary N) is 1. The van der Waals surface area contributed by atoms with Crippen LogP contribution in [0.5, 0.6) is 0 Å². The first kappa shape index (κ1) is 22.6. The van der Waals surface area contributed by atoms with Gasteiger partial charge >= 0.3 is 0 Å². The molecule has 30 heavy (non-hydrogen) atoms. The molecule has 1 saturated heterocycles. The first-order chi connectivity index (χ1) is 14.1. The molecule has 1 saturated carbocycles. The molecule has 1 atom stereocenters. The highest BCUT2D eigenvalue weighted by Crippen LogP contribution is 2.59. The van der Waals surface area contributed by atoms with Gasteiger partial charge in [-0.15, -0.1) is 0 Å². The molecule has 1 aromatic rings. The number of nitrogens with zero attached hydrogens (tertiary/aromatic N) is 2. The van der Waals surface area contributed by atoms with Gasteiger partial charge in [-0.25, -0.2) is 8.78 Å². The third-order valence-electron chi connectivity index (χ3n) is 6.53. The van der Waals surface area contributed by atoms with Gasteiger partial charge < -0.3 is 16.0 Å². The van der Waals surface area contributed by atoms with Crippen molar-refractivity contribution in [2.24, 2.45) is 27.5 Å². The van der Waals surface area contributed by atoms with Gasteiger partial charge in [0.1, 0.15) is 17.5 Å². The van der Waals surface area contributed by atoms with Crippen molar-refractivity contribution in [1.82, 2.24) is 4.90 Å². The van der Waals surface area contributed by atoms with E-state index in [4.69, 9.17) is 11.1 Å². The Balaban J connectivity index is 1.45. The number of allylic oxidation sites excluding steroid dienone is 1. The standard InChI is InChI=1S/C24H34F2N4/c1-23(2,3)8-11-30-12-9-24(10-13-30)15-17(24)16-29-22(28)7-6-21(27)19-5-4-18(25)14-20(19)26/h4-7,14,17,27H,8-13,15-16H2,1-3H3,(H2,28,29)/b7-6-,27-21?. The van der Waals surface area contributed by atoms with Crippen molar-refractivity contribution in [2.75, 3.05) is 26.2 Å². The van der Waals surface area contributed by atoms with Crippen LogP contribution < -0.4 is 5.73 Å². The lowest BCUT2D eigenvalue weighted by molar-refractivity contribution is 0.146. The zero-order valence-electron chi connectivity index (χ0n) is 18.3. The Morgan fingerprint density at radius 2 is 1.97 bits per heavy atom. The van der Waals surface area contributed by atoms with Crippen LogP contribution >= 0.6 is 0 Å². The molecule has 3 rings (SSSR count). The second-order valence-electron chi connectivity index (χ2n) is 10.1. The van der Waals surface area contributed by atoms with Gasteiger partial charge in [-0.3, -0.25) is 4.99 Å². The molecule has 2 aliphatic rings. The van der Waals surface area contributed by atoms with Gasteiger partial charge in [0.15, 0.2) is 0 Å². The molecule has 2 fully saturated rings. The lowest BCUT2D eigenvalue weighted by atomic mass is 9.88. The van der Waals surface area contributed by atoms with Gasteiger partial charge in [0, 0.05) is 18.2 Å². The highest BCUT2D eigenvalue weighted by atomic mass is 19.1. The van der Waals surface area contributed by atoms with Gasteiger partial charge in [0.2, 0.25) is 0 Å². The first-order valence-electron chi connectivity index (χ1n) is 10.8. The smallest absolute Gasteiger partial charge is 0.135 e. The van der Waals surface area contributed by atoms with Crippen molar-refractivity contribution < 1.29 is 8.78 Å². The third kappa shape index (κ3) is 5.97. The molecule has 1 spiro atoms. The van der Waals surface area contributed by atoms with E-state index in [0.29, 0.717) is 29.1 Å². The highest BCUT2D eigenvalue weighted by molar-refractivity contribution is 6.09. The Hall–Kier alpha value is -2.08. The van der Waals surface area contributed by atoms with Crippen molar-refractivity contribution in [3.63, 3.8) is 0 Å². The second-order valence-corrected chi connectivity index (χ2v) is 10.1. The summed E-state index contributed by atoms with van der Waals surface area (Å²) in [5.41, 5.74) is 6.77. The summed E-state index contributed by atoms with van der Waals surface area (Å²) in [5, 5.41) is 7.95. The molecule has 0 bridgehead atoms. The summed E-state index contributed by atoms with van der Waals surface area (Å²) in [7, 11) is 0. The van der Waals surface area contributed by atoms with Crippen LogP contribution in [0.4, 0.5) is 8.78 Å². The van der Waals surface area contributed by atoms with E-state index in [-0.39, 0.29) is 11.3 Å². The van der Waals surface area contributed by atoms with E-state index in [1.165, 1.54) is 63.5 Å². The number of nitrogens with one attached hydrogen (secondary N) is 1. The maximum atomic E-state index is 13.7. The van der Waals surface area contributed by atoms with Gasteiger partial charge in [0.25, 0.3) is 0 Å². The molecular weight excluding hydrogens is 382 g/mol. The van der Waals surface area contributed by atoms with E-state index in [1.54, 1.807) is 0 Å². The molecule has 6 heteroatoms. The zero-order valence-corrected chi connectivity index (χ0v) is 18.3. The molecule has 1 aliphatic carbocycles. The van der Waals surface area contributed by atoms with Gasteiger partial charge in [-0.1, -0.05) is 20.8 Å². The van der Waals surface area contributed by atoms with Crippen LogP contribution in [0, 0.1) is 33.8 Å². The number of aliphatic imine (C=N–C) groups is 1. The lowest BCUT2D eigenvalue weighted by Crippen LogP contribution is -2.37. The van der Waals surface area contributed by atoms with E-state index < -0.39 is 11.6 Å². The molecule has 0 amide bonds. The number of halogens is 2. The number of amidine groups is 1. The zero-order chi connectivity index (χ0) is 21.9. The van der Waals surface area contributed by atoms with Gasteiger partial charge in [-0.2, -0.15) is 0 Å². The second kappa shape index (κ2) is 8.96. The van der Waals surface area contributed by atoms with E-state index in [2.05, 4.69) is 30.7 Å². The van der Waals surface area contributed by atoms with E-state index in [9.17, 15) is 8.78 Å². The summed E-state index contributed by atoms with van der Waals surface area (Å²) in [6.45, 7) is 11.1. The summed E-state index contributed by atoms with van der Waals surface area (Å²) < 4.78 is 26.7.